The van der Waals surface area contributed by atoms with Gasteiger partial charge >= 0.3 is 5.97 Å². The lowest BCUT2D eigenvalue weighted by molar-refractivity contribution is -0.157. The third kappa shape index (κ3) is 4.40. The summed E-state index contributed by atoms with van der Waals surface area (Å²) >= 11 is 0. The molecule has 5 nitrogen and oxygen atoms in total. The molecule has 0 spiro atoms. The predicted molar refractivity (Wildman–Crippen MR) is 102 cm³/mol. The zero-order chi connectivity index (χ0) is 19.6. The Kier molecular flexibility index (Phi) is 5.98. The van der Waals surface area contributed by atoms with Crippen LogP contribution in [0.4, 0.5) is 0 Å². The molecular formula is C22H29NO4. The van der Waals surface area contributed by atoms with Crippen molar-refractivity contribution >= 4 is 17.7 Å². The number of nitrogens with zero attached hydrogens (tertiary/aromatic N) is 1. The summed E-state index contributed by atoms with van der Waals surface area (Å²) in [5, 5.41) is 9.14. The summed E-state index contributed by atoms with van der Waals surface area (Å²) in [7, 11) is 0. The van der Waals surface area contributed by atoms with E-state index in [2.05, 4.69) is 13.8 Å². The molecule has 1 heterocycles. The van der Waals surface area contributed by atoms with Crippen LogP contribution in [0.3, 0.4) is 0 Å². The highest BCUT2D eigenvalue weighted by molar-refractivity contribution is 5.98. The number of aliphatic carboxylic acids is 1. The van der Waals surface area contributed by atoms with Crippen LogP contribution < -0.4 is 0 Å². The van der Waals surface area contributed by atoms with Gasteiger partial charge in [-0.25, -0.2) is 0 Å². The fraction of sp³-hybridized carbons (Fsp3) is 0.591. The largest absolute Gasteiger partial charge is 0.481 e. The number of ketones is 1. The molecule has 1 aliphatic heterocycles. The Balaban J connectivity index is 1.53. The van der Waals surface area contributed by atoms with Gasteiger partial charge in [0.05, 0.1) is 11.8 Å². The zero-order valence-corrected chi connectivity index (χ0v) is 16.2. The maximum absolute atomic E-state index is 12.8. The van der Waals surface area contributed by atoms with Crippen LogP contribution in [0.1, 0.15) is 55.5 Å². The van der Waals surface area contributed by atoms with E-state index in [4.69, 9.17) is 5.11 Å². The number of rotatable bonds is 6. The van der Waals surface area contributed by atoms with Gasteiger partial charge in [-0.1, -0.05) is 38.1 Å². The summed E-state index contributed by atoms with van der Waals surface area (Å²) in [6, 6.07) is 7.91. The summed E-state index contributed by atoms with van der Waals surface area (Å²) in [4.78, 5) is 38.2. The third-order valence-electron chi connectivity index (χ3n) is 5.97. The van der Waals surface area contributed by atoms with Crippen molar-refractivity contribution < 1.29 is 19.5 Å². The van der Waals surface area contributed by atoms with Crippen LogP contribution in [0.25, 0.3) is 0 Å². The van der Waals surface area contributed by atoms with E-state index in [1.165, 1.54) is 5.56 Å². The van der Waals surface area contributed by atoms with Crippen LogP contribution in [0.5, 0.6) is 0 Å². The third-order valence-corrected chi connectivity index (χ3v) is 5.97. The summed E-state index contributed by atoms with van der Waals surface area (Å²) in [6.07, 6.45) is 3.57. The van der Waals surface area contributed by atoms with Gasteiger partial charge in [0.1, 0.15) is 0 Å². The van der Waals surface area contributed by atoms with Gasteiger partial charge in [-0.3, -0.25) is 14.4 Å². The van der Waals surface area contributed by atoms with E-state index in [0.717, 1.165) is 12.0 Å². The number of Topliss-reactive ketones (excluding diaryl/α,β-unsaturated/α-hetero) is 1. The fourth-order valence-electron chi connectivity index (χ4n) is 4.20. The number of carbonyl (C=O) groups excluding carboxylic acids is 2. The van der Waals surface area contributed by atoms with E-state index in [9.17, 15) is 14.4 Å². The first-order valence-corrected chi connectivity index (χ1v) is 10.0. The first-order chi connectivity index (χ1) is 12.9. The molecule has 27 heavy (non-hydrogen) atoms. The number of amides is 1. The Morgan fingerprint density at radius 1 is 1.00 bits per heavy atom. The quantitative estimate of drug-likeness (QED) is 0.778. The zero-order valence-electron chi connectivity index (χ0n) is 16.2. The van der Waals surface area contributed by atoms with Crippen molar-refractivity contribution in [3.8, 4) is 0 Å². The van der Waals surface area contributed by atoms with Crippen LogP contribution in [-0.2, 0) is 16.0 Å². The monoisotopic (exact) mass is 371 g/mol. The second-order valence-electron chi connectivity index (χ2n) is 8.39. The van der Waals surface area contributed by atoms with Crippen LogP contribution >= 0.6 is 0 Å². The second-order valence-corrected chi connectivity index (χ2v) is 8.39. The first-order valence-electron chi connectivity index (χ1n) is 10.0. The molecule has 2 fully saturated rings. The van der Waals surface area contributed by atoms with Crippen molar-refractivity contribution in [1.29, 1.82) is 0 Å². The smallest absolute Gasteiger partial charge is 0.307 e. The van der Waals surface area contributed by atoms with Gasteiger partial charge in [0, 0.05) is 24.6 Å². The van der Waals surface area contributed by atoms with Gasteiger partial charge in [-0.15, -0.1) is 0 Å². The van der Waals surface area contributed by atoms with Crippen LogP contribution in [-0.4, -0.2) is 40.8 Å². The Bertz CT molecular complexity index is 702. The lowest BCUT2D eigenvalue weighted by Crippen LogP contribution is -2.49. The minimum Gasteiger partial charge on any atom is -0.481 e. The van der Waals surface area contributed by atoms with E-state index in [-0.39, 0.29) is 23.5 Å². The highest BCUT2D eigenvalue weighted by atomic mass is 16.4. The molecule has 0 bridgehead atoms. The molecule has 1 N–H and O–H groups in total. The Labute approximate surface area is 160 Å². The van der Waals surface area contributed by atoms with Gasteiger partial charge in [-0.2, -0.15) is 0 Å². The molecule has 2 unspecified atom stereocenters. The molecule has 1 aliphatic carbocycles. The molecule has 3 rings (SSSR count). The molecule has 0 radical (unpaired) electrons. The second kappa shape index (κ2) is 8.24. The van der Waals surface area contributed by atoms with Crippen molar-refractivity contribution in [2.45, 2.75) is 46.0 Å². The molecule has 1 amide bonds. The Morgan fingerprint density at radius 2 is 1.59 bits per heavy atom. The standard InChI is InChI=1S/C22H29NO4/c1-14(2)13-15-3-5-16(6-4-15)20(24)17-9-11-23(12-10-17)21(25)18-7-8-19(18)22(26)27/h3-6,14,17-19H,7-13H2,1-2H3,(H,26,27). The van der Waals surface area contributed by atoms with E-state index in [0.29, 0.717) is 44.7 Å². The van der Waals surface area contributed by atoms with Crippen LogP contribution in [0.2, 0.25) is 0 Å². The average Bonchev–Trinajstić information content (AvgIpc) is 2.60. The van der Waals surface area contributed by atoms with Crippen molar-refractivity contribution in [2.75, 3.05) is 13.1 Å². The number of piperidine rings is 1. The predicted octanol–water partition coefficient (Wildman–Crippen LogP) is 3.42. The number of carboxylic acids is 1. The lowest BCUT2D eigenvalue weighted by Gasteiger charge is -2.39. The highest BCUT2D eigenvalue weighted by Gasteiger charge is 2.43. The van der Waals surface area contributed by atoms with Crippen molar-refractivity contribution in [3.05, 3.63) is 35.4 Å². The van der Waals surface area contributed by atoms with Crippen LogP contribution in [0, 0.1) is 23.7 Å². The van der Waals surface area contributed by atoms with Crippen LogP contribution in [0.15, 0.2) is 24.3 Å². The Hall–Kier alpha value is -2.17. The summed E-state index contributed by atoms with van der Waals surface area (Å²) in [5.41, 5.74) is 1.99. The van der Waals surface area contributed by atoms with E-state index in [1.807, 2.05) is 24.3 Å². The number of likely N-dealkylation sites (tertiary alicyclic amines) is 1. The molecule has 1 saturated carbocycles. The van der Waals surface area contributed by atoms with Gasteiger partial charge in [-0.05, 0) is 43.6 Å². The number of carbonyl (C=O) groups is 3. The number of benzene rings is 1. The SMILES string of the molecule is CC(C)Cc1ccc(C(=O)C2CCN(C(=O)C3CCC3C(=O)O)CC2)cc1. The molecule has 1 saturated heterocycles. The average molecular weight is 371 g/mol. The summed E-state index contributed by atoms with van der Waals surface area (Å²) in [5.74, 6) is -1.12. The normalized spacial score (nSPS) is 23.1. The summed E-state index contributed by atoms with van der Waals surface area (Å²) < 4.78 is 0. The van der Waals surface area contributed by atoms with Gasteiger partial charge in [0.25, 0.3) is 0 Å². The van der Waals surface area contributed by atoms with E-state index < -0.39 is 11.9 Å². The molecule has 2 atom stereocenters. The number of carboxylic acid groups (broad SMARTS) is 1. The molecule has 1 aromatic rings. The molecule has 146 valence electrons. The number of hydrogen-bond donors (Lipinski definition) is 1. The van der Waals surface area contributed by atoms with Gasteiger partial charge in [0.2, 0.25) is 5.91 Å². The van der Waals surface area contributed by atoms with Crippen molar-refractivity contribution in [3.63, 3.8) is 0 Å². The maximum atomic E-state index is 12.8. The van der Waals surface area contributed by atoms with E-state index in [1.54, 1.807) is 4.90 Å². The first kappa shape index (κ1) is 19.6. The van der Waals surface area contributed by atoms with Gasteiger partial charge in [0.15, 0.2) is 5.78 Å². The topological polar surface area (TPSA) is 74.7 Å². The maximum Gasteiger partial charge on any atom is 0.307 e. The van der Waals surface area contributed by atoms with E-state index >= 15 is 0 Å². The number of hydrogen-bond acceptors (Lipinski definition) is 3. The molecular weight excluding hydrogens is 342 g/mol. The van der Waals surface area contributed by atoms with Crippen molar-refractivity contribution in [1.82, 2.24) is 4.90 Å². The molecule has 5 heteroatoms. The highest BCUT2D eigenvalue weighted by Crippen LogP contribution is 2.36. The molecule has 1 aromatic carbocycles. The minimum absolute atomic E-state index is 0.0439. The minimum atomic E-state index is -0.870. The Morgan fingerprint density at radius 3 is 2.07 bits per heavy atom. The molecule has 2 aliphatic rings. The molecule has 0 aromatic heterocycles. The summed E-state index contributed by atoms with van der Waals surface area (Å²) in [6.45, 7) is 5.44. The lowest BCUT2D eigenvalue weighted by atomic mass is 9.72. The van der Waals surface area contributed by atoms with Gasteiger partial charge < -0.3 is 10.0 Å². The van der Waals surface area contributed by atoms with Crippen molar-refractivity contribution in [2.24, 2.45) is 23.7 Å². The fourth-order valence-corrected chi connectivity index (χ4v) is 4.20.